The Bertz CT molecular complexity index is 539. The van der Waals surface area contributed by atoms with Gasteiger partial charge in [0, 0.05) is 10.3 Å². The zero-order valence-electron chi connectivity index (χ0n) is 9.07. The number of hydrogen-bond acceptors (Lipinski definition) is 3. The Morgan fingerprint density at radius 3 is 2.82 bits per heavy atom. The number of carbonyl (C=O) groups is 1. The van der Waals surface area contributed by atoms with E-state index < -0.39 is 0 Å². The van der Waals surface area contributed by atoms with Crippen molar-refractivity contribution in [3.8, 4) is 0 Å². The summed E-state index contributed by atoms with van der Waals surface area (Å²) in [5.41, 5.74) is 1.58. The number of rotatable bonds is 3. The minimum atomic E-state index is -0.0503. The molecular weight excluding hydrogens is 365 g/mol. The van der Waals surface area contributed by atoms with Gasteiger partial charge in [0.1, 0.15) is 0 Å². The summed E-state index contributed by atoms with van der Waals surface area (Å²) in [7, 11) is 0. The molecule has 0 bridgehead atoms. The van der Waals surface area contributed by atoms with Gasteiger partial charge in [0.15, 0.2) is 0 Å². The first-order valence-corrected chi connectivity index (χ1v) is 8.07. The first kappa shape index (κ1) is 12.9. The zero-order chi connectivity index (χ0) is 12.3. The second-order valence-electron chi connectivity index (χ2n) is 3.29. The van der Waals surface area contributed by atoms with Crippen LogP contribution in [-0.4, -0.2) is 12.2 Å². The minimum Gasteiger partial charge on any atom is -0.321 e. The van der Waals surface area contributed by atoms with Crippen LogP contribution in [0, 0.1) is 2.88 Å². The highest BCUT2D eigenvalue weighted by molar-refractivity contribution is 14.1. The second-order valence-corrected chi connectivity index (χ2v) is 6.95. The number of nitrogens with one attached hydrogen (secondary N) is 1. The van der Waals surface area contributed by atoms with Crippen LogP contribution in [0.1, 0.15) is 10.4 Å². The molecule has 1 heterocycles. The molecule has 88 valence electrons. The normalized spacial score (nSPS) is 10.2. The van der Waals surface area contributed by atoms with E-state index in [0.717, 1.165) is 19.0 Å². The molecule has 1 aromatic carbocycles. The van der Waals surface area contributed by atoms with Crippen molar-refractivity contribution < 1.29 is 4.79 Å². The third-order valence-corrected chi connectivity index (χ3v) is 4.77. The summed E-state index contributed by atoms with van der Waals surface area (Å²) in [6.07, 6.45) is 2.00. The molecule has 1 amide bonds. The lowest BCUT2D eigenvalue weighted by atomic mass is 10.3. The van der Waals surface area contributed by atoms with Crippen molar-refractivity contribution in [3.63, 3.8) is 0 Å². The van der Waals surface area contributed by atoms with Crippen molar-refractivity contribution in [1.29, 1.82) is 0 Å². The van der Waals surface area contributed by atoms with Gasteiger partial charge in [-0.1, -0.05) is 12.1 Å². The predicted octanol–water partition coefficient (Wildman–Crippen LogP) is 4.33. The number of carbonyl (C=O) groups excluding carboxylic acids is 1. The Morgan fingerprint density at radius 1 is 1.41 bits per heavy atom. The topological polar surface area (TPSA) is 29.1 Å². The number of thiophene rings is 1. The lowest BCUT2D eigenvalue weighted by Gasteiger charge is -2.07. The van der Waals surface area contributed by atoms with Gasteiger partial charge < -0.3 is 5.32 Å². The number of benzene rings is 1. The Kier molecular flexibility index (Phi) is 4.47. The molecule has 0 radical (unpaired) electrons. The number of hydrogen-bond donors (Lipinski definition) is 1. The van der Waals surface area contributed by atoms with E-state index >= 15 is 0 Å². The maximum Gasteiger partial charge on any atom is 0.256 e. The zero-order valence-corrected chi connectivity index (χ0v) is 12.9. The molecule has 0 saturated heterocycles. The minimum absolute atomic E-state index is 0.0503. The van der Waals surface area contributed by atoms with Crippen LogP contribution in [0.5, 0.6) is 0 Å². The lowest BCUT2D eigenvalue weighted by molar-refractivity contribution is 0.102. The smallest absolute Gasteiger partial charge is 0.256 e. The van der Waals surface area contributed by atoms with Crippen molar-refractivity contribution >= 4 is 57.3 Å². The van der Waals surface area contributed by atoms with Crippen LogP contribution < -0.4 is 5.32 Å². The van der Waals surface area contributed by atoms with Crippen LogP contribution in [0.3, 0.4) is 0 Å². The Labute approximate surface area is 122 Å². The Morgan fingerprint density at radius 2 is 2.18 bits per heavy atom. The quantitative estimate of drug-likeness (QED) is 0.639. The van der Waals surface area contributed by atoms with Gasteiger partial charge in [0.25, 0.3) is 5.91 Å². The standard InChI is InChI=1S/C12H10INOS2/c1-16-10-5-3-2-4-9(10)14-12(15)8-6-11(13)17-7-8/h2-7H,1H3,(H,14,15). The largest absolute Gasteiger partial charge is 0.321 e. The summed E-state index contributed by atoms with van der Waals surface area (Å²) in [6.45, 7) is 0. The van der Waals surface area contributed by atoms with E-state index in [1.165, 1.54) is 0 Å². The highest BCUT2D eigenvalue weighted by Gasteiger charge is 2.09. The third kappa shape index (κ3) is 3.23. The molecule has 0 saturated carbocycles. The average molecular weight is 375 g/mol. The number of para-hydroxylation sites is 1. The van der Waals surface area contributed by atoms with Crippen molar-refractivity contribution in [1.82, 2.24) is 0 Å². The van der Waals surface area contributed by atoms with Gasteiger partial charge in [-0.15, -0.1) is 23.1 Å². The van der Waals surface area contributed by atoms with Gasteiger partial charge in [0.05, 0.1) is 14.1 Å². The summed E-state index contributed by atoms with van der Waals surface area (Å²) in [5, 5.41) is 4.81. The first-order chi connectivity index (χ1) is 8.20. The molecule has 0 aliphatic carbocycles. The van der Waals surface area contributed by atoms with Gasteiger partial charge in [-0.25, -0.2) is 0 Å². The molecule has 0 aliphatic heterocycles. The molecule has 2 rings (SSSR count). The van der Waals surface area contributed by atoms with E-state index in [2.05, 4.69) is 27.9 Å². The number of amides is 1. The van der Waals surface area contributed by atoms with Crippen LogP contribution in [0.4, 0.5) is 5.69 Å². The molecule has 0 fully saturated rings. The lowest BCUT2D eigenvalue weighted by Crippen LogP contribution is -2.11. The average Bonchev–Trinajstić information content (AvgIpc) is 2.77. The monoisotopic (exact) mass is 375 g/mol. The maximum atomic E-state index is 12.0. The summed E-state index contributed by atoms with van der Waals surface area (Å²) in [6, 6.07) is 9.70. The fourth-order valence-corrected chi connectivity index (χ4v) is 3.25. The third-order valence-electron chi connectivity index (χ3n) is 2.18. The summed E-state index contributed by atoms with van der Waals surface area (Å²) in [5.74, 6) is -0.0503. The van der Waals surface area contributed by atoms with Crippen LogP contribution >= 0.6 is 45.7 Å². The Hall–Kier alpha value is -0.530. The highest BCUT2D eigenvalue weighted by Crippen LogP contribution is 2.25. The summed E-state index contributed by atoms with van der Waals surface area (Å²) in [4.78, 5) is 13.1. The SMILES string of the molecule is CSc1ccccc1NC(=O)c1csc(I)c1. The number of anilines is 1. The fourth-order valence-electron chi connectivity index (χ4n) is 1.37. The Balaban J connectivity index is 2.18. The van der Waals surface area contributed by atoms with Crippen LogP contribution in [0.2, 0.25) is 0 Å². The van der Waals surface area contributed by atoms with Crippen molar-refractivity contribution in [2.24, 2.45) is 0 Å². The molecule has 5 heteroatoms. The molecule has 0 aliphatic rings. The van der Waals surface area contributed by atoms with E-state index in [4.69, 9.17) is 0 Å². The summed E-state index contributed by atoms with van der Waals surface area (Å²) < 4.78 is 1.12. The molecule has 2 nitrogen and oxygen atoms in total. The maximum absolute atomic E-state index is 12.0. The van der Waals surface area contributed by atoms with Crippen LogP contribution in [0.25, 0.3) is 0 Å². The van der Waals surface area contributed by atoms with E-state index in [9.17, 15) is 4.79 Å². The molecule has 2 aromatic rings. The molecule has 0 spiro atoms. The molecule has 1 N–H and O–H groups in total. The van der Waals surface area contributed by atoms with Crippen molar-refractivity contribution in [2.75, 3.05) is 11.6 Å². The van der Waals surface area contributed by atoms with Gasteiger partial charge in [0.2, 0.25) is 0 Å². The summed E-state index contributed by atoms with van der Waals surface area (Å²) >= 11 is 5.41. The van der Waals surface area contributed by atoms with Crippen LogP contribution in [0.15, 0.2) is 40.6 Å². The molecule has 17 heavy (non-hydrogen) atoms. The van der Waals surface area contributed by atoms with E-state index in [1.807, 2.05) is 42.0 Å². The highest BCUT2D eigenvalue weighted by atomic mass is 127. The molecule has 1 aromatic heterocycles. The number of thioether (sulfide) groups is 1. The number of halogens is 1. The predicted molar refractivity (Wildman–Crippen MR) is 83.2 cm³/mol. The first-order valence-electron chi connectivity index (χ1n) is 4.89. The van der Waals surface area contributed by atoms with Gasteiger partial charge in [-0.2, -0.15) is 0 Å². The van der Waals surface area contributed by atoms with E-state index in [0.29, 0.717) is 0 Å². The van der Waals surface area contributed by atoms with Gasteiger partial charge in [-0.3, -0.25) is 4.79 Å². The van der Waals surface area contributed by atoms with E-state index in [-0.39, 0.29) is 5.91 Å². The molecule has 0 atom stereocenters. The van der Waals surface area contributed by atoms with Gasteiger partial charge >= 0.3 is 0 Å². The van der Waals surface area contributed by atoms with Crippen molar-refractivity contribution in [3.05, 3.63) is 44.2 Å². The fraction of sp³-hybridized carbons (Fsp3) is 0.0833. The molecule has 0 unspecified atom stereocenters. The molecular formula is C12H10INOS2. The van der Waals surface area contributed by atoms with Crippen LogP contribution in [-0.2, 0) is 0 Å². The van der Waals surface area contributed by atoms with Gasteiger partial charge in [-0.05, 0) is 47.0 Å². The van der Waals surface area contributed by atoms with E-state index in [1.54, 1.807) is 23.1 Å². The van der Waals surface area contributed by atoms with Crippen molar-refractivity contribution in [2.45, 2.75) is 4.90 Å². The second kappa shape index (κ2) is 5.88.